The first kappa shape index (κ1) is 26.1. The largest absolute Gasteiger partial charge is 0.493 e. The summed E-state index contributed by atoms with van der Waals surface area (Å²) in [5.74, 6) is -0.0102. The number of hydrogen-bond acceptors (Lipinski definition) is 4. The molecule has 6 rings (SSSR count). The van der Waals surface area contributed by atoms with Gasteiger partial charge in [0.1, 0.15) is 11.4 Å². The van der Waals surface area contributed by atoms with Crippen molar-refractivity contribution in [2.75, 3.05) is 13.2 Å². The fraction of sp³-hybridized carbons (Fsp3) is 0.333. The average Bonchev–Trinajstić information content (AvgIpc) is 3.42. The Hall–Kier alpha value is -4.10. The third-order valence-electron chi connectivity index (χ3n) is 8.11. The van der Waals surface area contributed by atoms with Crippen molar-refractivity contribution in [3.8, 4) is 16.9 Å². The second-order valence-electron chi connectivity index (χ2n) is 10.7. The maximum Gasteiger partial charge on any atom is 0.352 e. The Morgan fingerprint density at radius 3 is 2.70 bits per heavy atom. The summed E-state index contributed by atoms with van der Waals surface area (Å²) < 4.78 is 10.2. The summed E-state index contributed by atoms with van der Waals surface area (Å²) in [6.07, 6.45) is 4.37. The molecule has 2 aromatic heterocycles. The van der Waals surface area contributed by atoms with Crippen LogP contribution in [0.1, 0.15) is 53.1 Å². The molecule has 0 saturated carbocycles. The van der Waals surface area contributed by atoms with Crippen LogP contribution in [-0.4, -0.2) is 38.6 Å². The number of aryl methyl sites for hydroxylation is 4. The number of benzene rings is 3. The zero-order chi connectivity index (χ0) is 27.6. The Morgan fingerprint density at radius 1 is 1.02 bits per heavy atom. The molecule has 7 nitrogen and oxygen atoms in total. The molecule has 3 heterocycles. The Balaban J connectivity index is 1.40. The van der Waals surface area contributed by atoms with E-state index in [1.807, 2.05) is 42.9 Å². The van der Waals surface area contributed by atoms with Gasteiger partial charge in [0, 0.05) is 42.0 Å². The number of para-hydroxylation sites is 1. The van der Waals surface area contributed by atoms with Crippen molar-refractivity contribution < 1.29 is 14.6 Å². The third-order valence-corrected chi connectivity index (χ3v) is 8.11. The molecular weight excluding hydrogens is 500 g/mol. The molecule has 5 aromatic rings. The van der Waals surface area contributed by atoms with Gasteiger partial charge >= 0.3 is 5.97 Å². The van der Waals surface area contributed by atoms with E-state index in [9.17, 15) is 9.90 Å². The number of fused-ring (bicyclic) bond motifs is 3. The minimum absolute atomic E-state index is 0.408. The summed E-state index contributed by atoms with van der Waals surface area (Å²) in [5.41, 5.74) is 6.54. The number of aromatic carboxylic acids is 1. The zero-order valence-electron chi connectivity index (χ0n) is 23.2. The van der Waals surface area contributed by atoms with E-state index in [0.717, 1.165) is 87.9 Å². The highest BCUT2D eigenvalue weighted by molar-refractivity contribution is 6.04. The van der Waals surface area contributed by atoms with Gasteiger partial charge in [0.25, 0.3) is 0 Å². The molecule has 0 saturated heterocycles. The minimum atomic E-state index is -0.871. The number of hydrogen-bond donors (Lipinski definition) is 2. The molecule has 206 valence electrons. The number of rotatable bonds is 6. The van der Waals surface area contributed by atoms with Gasteiger partial charge in [-0.05, 0) is 56.2 Å². The normalized spacial score (nSPS) is 14.1. The van der Waals surface area contributed by atoms with E-state index in [-0.39, 0.29) is 0 Å². The van der Waals surface area contributed by atoms with E-state index < -0.39 is 5.97 Å². The molecule has 0 aliphatic carbocycles. The van der Waals surface area contributed by atoms with E-state index in [1.165, 1.54) is 0 Å². The summed E-state index contributed by atoms with van der Waals surface area (Å²) >= 11 is 0. The average molecular weight is 537 g/mol. The van der Waals surface area contributed by atoms with E-state index in [2.05, 4.69) is 46.3 Å². The van der Waals surface area contributed by atoms with Gasteiger partial charge in [0.15, 0.2) is 0 Å². The van der Waals surface area contributed by atoms with Crippen molar-refractivity contribution >= 4 is 27.6 Å². The minimum Gasteiger partial charge on any atom is -0.493 e. The lowest BCUT2D eigenvalue weighted by Gasteiger charge is -2.15. The lowest BCUT2D eigenvalue weighted by atomic mass is 9.98. The van der Waals surface area contributed by atoms with Crippen LogP contribution >= 0.6 is 0 Å². The van der Waals surface area contributed by atoms with Gasteiger partial charge < -0.3 is 19.7 Å². The first-order valence-corrected chi connectivity index (χ1v) is 14.3. The molecule has 2 N–H and O–H groups in total. The van der Waals surface area contributed by atoms with Crippen LogP contribution in [0.25, 0.3) is 32.8 Å². The van der Waals surface area contributed by atoms with Crippen molar-refractivity contribution in [3.63, 3.8) is 0 Å². The monoisotopic (exact) mass is 536 g/mol. The van der Waals surface area contributed by atoms with E-state index in [4.69, 9.17) is 9.84 Å². The highest BCUT2D eigenvalue weighted by atomic mass is 16.5. The van der Waals surface area contributed by atoms with Crippen molar-refractivity contribution in [3.05, 3.63) is 83.3 Å². The van der Waals surface area contributed by atoms with E-state index in [1.54, 1.807) is 0 Å². The fourth-order valence-corrected chi connectivity index (χ4v) is 6.32. The number of aromatic nitrogens is 3. The van der Waals surface area contributed by atoms with Gasteiger partial charge in [-0.25, -0.2) is 4.79 Å². The second-order valence-corrected chi connectivity index (χ2v) is 10.7. The van der Waals surface area contributed by atoms with Gasteiger partial charge in [0.05, 0.1) is 23.5 Å². The predicted molar refractivity (Wildman–Crippen MR) is 159 cm³/mol. The molecule has 0 atom stereocenters. The van der Waals surface area contributed by atoms with Crippen molar-refractivity contribution in [2.24, 2.45) is 7.05 Å². The van der Waals surface area contributed by atoms with Crippen molar-refractivity contribution in [2.45, 2.75) is 52.1 Å². The van der Waals surface area contributed by atoms with Crippen LogP contribution in [0.2, 0.25) is 0 Å². The van der Waals surface area contributed by atoms with E-state index >= 15 is 0 Å². The van der Waals surface area contributed by atoms with Gasteiger partial charge in [-0.15, -0.1) is 0 Å². The molecule has 1 aliphatic rings. The van der Waals surface area contributed by atoms with Gasteiger partial charge in [0.2, 0.25) is 0 Å². The van der Waals surface area contributed by atoms with Crippen LogP contribution in [0, 0.1) is 6.92 Å². The Labute approximate surface area is 234 Å². The highest BCUT2D eigenvalue weighted by Gasteiger charge is 2.26. The number of carboxylic acid groups (broad SMARTS) is 1. The molecule has 3 aromatic carbocycles. The number of nitrogens with one attached hydrogen (secondary N) is 1. The first-order chi connectivity index (χ1) is 19.5. The van der Waals surface area contributed by atoms with Gasteiger partial charge in [-0.1, -0.05) is 61.0 Å². The van der Waals surface area contributed by atoms with Crippen molar-refractivity contribution in [1.82, 2.24) is 19.7 Å². The lowest BCUT2D eigenvalue weighted by molar-refractivity contribution is 0.0684. The van der Waals surface area contributed by atoms with E-state index in [0.29, 0.717) is 31.7 Å². The second kappa shape index (κ2) is 11.2. The Morgan fingerprint density at radius 2 is 1.82 bits per heavy atom. The van der Waals surface area contributed by atoms with Crippen LogP contribution < -0.4 is 10.1 Å². The molecule has 0 radical (unpaired) electrons. The highest BCUT2D eigenvalue weighted by Crippen LogP contribution is 2.38. The van der Waals surface area contributed by atoms with Crippen molar-refractivity contribution in [1.29, 1.82) is 0 Å². The van der Waals surface area contributed by atoms with Crippen LogP contribution in [-0.2, 0) is 26.6 Å². The first-order valence-electron chi connectivity index (χ1n) is 14.3. The van der Waals surface area contributed by atoms with Crippen LogP contribution in [0.3, 0.4) is 0 Å². The summed E-state index contributed by atoms with van der Waals surface area (Å²) in [6, 6.07) is 20.6. The standard InChI is InChI=1S/C33H36N4O3/c1-22-30-27-15-9-14-25-26(16-10-20-40-29-17-8-12-23-11-4-5-13-24(23)29)32(33(38)39)37(31(25)27)19-7-3-6-18-34-21-28(30)36(2)35-22/h4-5,8-9,11-15,17,34H,3,6-7,10,16,18-21H2,1-2H3,(H,38,39). The SMILES string of the molecule is Cc1nn(C)c2c1-c1cccc3c(CCCOc4cccc5ccccc45)c(C(=O)O)n(c13)CCCCCNC2. The molecule has 40 heavy (non-hydrogen) atoms. The molecule has 0 fully saturated rings. The number of carboxylic acids is 1. The third kappa shape index (κ3) is 4.75. The Kier molecular flexibility index (Phi) is 7.30. The number of carbonyl (C=O) groups is 1. The summed E-state index contributed by atoms with van der Waals surface area (Å²) in [4.78, 5) is 12.8. The lowest BCUT2D eigenvalue weighted by Crippen LogP contribution is -2.18. The predicted octanol–water partition coefficient (Wildman–Crippen LogP) is 6.49. The molecule has 7 heteroatoms. The molecule has 0 unspecified atom stereocenters. The smallest absolute Gasteiger partial charge is 0.352 e. The Bertz CT molecular complexity index is 1690. The number of nitrogens with zero attached hydrogens (tertiary/aromatic N) is 3. The molecule has 0 bridgehead atoms. The molecule has 1 aliphatic heterocycles. The van der Waals surface area contributed by atoms with Crippen LogP contribution in [0.15, 0.2) is 60.7 Å². The van der Waals surface area contributed by atoms with Gasteiger partial charge in [-0.2, -0.15) is 5.10 Å². The van der Waals surface area contributed by atoms with Gasteiger partial charge in [-0.3, -0.25) is 4.68 Å². The maximum absolute atomic E-state index is 12.8. The summed E-state index contributed by atoms with van der Waals surface area (Å²) in [7, 11) is 1.99. The quantitative estimate of drug-likeness (QED) is 0.243. The molecule has 0 spiro atoms. The topological polar surface area (TPSA) is 81.3 Å². The molecule has 0 amide bonds. The summed E-state index contributed by atoms with van der Waals surface area (Å²) in [5, 5.41) is 22.1. The number of ether oxygens (including phenoxy) is 1. The summed E-state index contributed by atoms with van der Waals surface area (Å²) in [6.45, 7) is 4.89. The van der Waals surface area contributed by atoms with Crippen LogP contribution in [0.5, 0.6) is 5.75 Å². The maximum atomic E-state index is 12.8. The fourth-order valence-electron chi connectivity index (χ4n) is 6.32. The van der Waals surface area contributed by atoms with Crippen LogP contribution in [0.4, 0.5) is 0 Å². The molecular formula is C33H36N4O3. The zero-order valence-corrected chi connectivity index (χ0v) is 23.2.